The fourth-order valence-corrected chi connectivity index (χ4v) is 3.47. The molecule has 6 heteroatoms. The lowest BCUT2D eigenvalue weighted by molar-refractivity contribution is -0.144. The van der Waals surface area contributed by atoms with E-state index in [1.165, 1.54) is 7.11 Å². The SMILES string of the molecule is COC(=O)CC1(NC(=O)[C@@H]2CCC[C@@H]2CN)CCOCC1. The summed E-state index contributed by atoms with van der Waals surface area (Å²) in [5, 5.41) is 3.13. The number of ether oxygens (including phenoxy) is 2. The van der Waals surface area contributed by atoms with Gasteiger partial charge in [0.05, 0.1) is 19.1 Å². The molecule has 3 N–H and O–H groups in total. The Labute approximate surface area is 125 Å². The number of hydrogen-bond donors (Lipinski definition) is 2. The number of rotatable bonds is 5. The monoisotopic (exact) mass is 298 g/mol. The van der Waals surface area contributed by atoms with Crippen molar-refractivity contribution in [2.24, 2.45) is 17.6 Å². The van der Waals surface area contributed by atoms with Gasteiger partial charge in [-0.05, 0) is 38.1 Å². The summed E-state index contributed by atoms with van der Waals surface area (Å²) in [4.78, 5) is 24.3. The quantitative estimate of drug-likeness (QED) is 0.725. The van der Waals surface area contributed by atoms with Crippen LogP contribution < -0.4 is 11.1 Å². The third kappa shape index (κ3) is 3.95. The normalized spacial score (nSPS) is 28.1. The standard InChI is InChI=1S/C15H26N2O4/c1-20-13(18)9-15(5-7-21-8-6-15)17-14(19)12-4-2-3-11(12)10-16/h11-12H,2-10,16H2,1H3,(H,17,19)/t11-,12-/m1/s1. The van der Waals surface area contributed by atoms with E-state index >= 15 is 0 Å². The first-order chi connectivity index (χ1) is 10.1. The van der Waals surface area contributed by atoms with Crippen LogP contribution in [0.3, 0.4) is 0 Å². The van der Waals surface area contributed by atoms with Gasteiger partial charge in [0.1, 0.15) is 0 Å². The number of carbonyl (C=O) groups is 2. The van der Waals surface area contributed by atoms with Crippen LogP contribution in [0.4, 0.5) is 0 Å². The Kier molecular flexibility index (Phi) is 5.58. The first-order valence-electron chi connectivity index (χ1n) is 7.77. The van der Waals surface area contributed by atoms with E-state index in [0.29, 0.717) is 32.6 Å². The maximum atomic E-state index is 12.6. The molecule has 1 saturated carbocycles. The zero-order chi connectivity index (χ0) is 15.3. The lowest BCUT2D eigenvalue weighted by Crippen LogP contribution is -2.55. The van der Waals surface area contributed by atoms with Crippen molar-refractivity contribution < 1.29 is 19.1 Å². The molecule has 0 unspecified atom stereocenters. The number of carbonyl (C=O) groups excluding carboxylic acids is 2. The van der Waals surface area contributed by atoms with Crippen LogP contribution in [0.1, 0.15) is 38.5 Å². The second kappa shape index (κ2) is 7.22. The van der Waals surface area contributed by atoms with Gasteiger partial charge in [-0.3, -0.25) is 9.59 Å². The van der Waals surface area contributed by atoms with Crippen LogP contribution in [0.2, 0.25) is 0 Å². The molecule has 2 aliphatic rings. The van der Waals surface area contributed by atoms with Crippen molar-refractivity contribution in [2.45, 2.75) is 44.1 Å². The van der Waals surface area contributed by atoms with Crippen molar-refractivity contribution in [3.63, 3.8) is 0 Å². The second-order valence-electron chi connectivity index (χ2n) is 6.17. The summed E-state index contributed by atoms with van der Waals surface area (Å²) in [6, 6.07) is 0. The highest BCUT2D eigenvalue weighted by Crippen LogP contribution is 2.33. The Morgan fingerprint density at radius 2 is 2.05 bits per heavy atom. The maximum absolute atomic E-state index is 12.6. The molecule has 1 aliphatic carbocycles. The van der Waals surface area contributed by atoms with E-state index in [4.69, 9.17) is 15.2 Å². The minimum atomic E-state index is -0.524. The molecule has 0 radical (unpaired) electrons. The van der Waals surface area contributed by atoms with Crippen LogP contribution in [0.5, 0.6) is 0 Å². The third-order valence-electron chi connectivity index (χ3n) is 4.85. The van der Waals surface area contributed by atoms with Gasteiger partial charge in [-0.15, -0.1) is 0 Å². The van der Waals surface area contributed by atoms with Crippen LogP contribution in [0, 0.1) is 11.8 Å². The number of nitrogens with two attached hydrogens (primary N) is 1. The van der Waals surface area contributed by atoms with E-state index in [1.54, 1.807) is 0 Å². The molecule has 1 heterocycles. The number of amides is 1. The maximum Gasteiger partial charge on any atom is 0.307 e. The van der Waals surface area contributed by atoms with E-state index in [0.717, 1.165) is 19.3 Å². The summed E-state index contributed by atoms with van der Waals surface area (Å²) in [5.74, 6) is -0.0138. The van der Waals surface area contributed by atoms with Crippen molar-refractivity contribution >= 4 is 11.9 Å². The van der Waals surface area contributed by atoms with Crippen LogP contribution in [0.25, 0.3) is 0 Å². The molecule has 6 nitrogen and oxygen atoms in total. The van der Waals surface area contributed by atoms with E-state index < -0.39 is 5.54 Å². The molecule has 0 aromatic heterocycles. The lowest BCUT2D eigenvalue weighted by atomic mass is 9.85. The lowest BCUT2D eigenvalue weighted by Gasteiger charge is -2.38. The van der Waals surface area contributed by atoms with Gasteiger partial charge in [-0.1, -0.05) is 6.42 Å². The summed E-state index contributed by atoms with van der Waals surface area (Å²) in [5.41, 5.74) is 5.23. The van der Waals surface area contributed by atoms with Crippen LogP contribution in [-0.4, -0.2) is 44.3 Å². The molecule has 0 bridgehead atoms. The highest BCUT2D eigenvalue weighted by molar-refractivity contribution is 5.81. The predicted molar refractivity (Wildman–Crippen MR) is 77.4 cm³/mol. The average Bonchev–Trinajstić information content (AvgIpc) is 2.96. The molecule has 2 rings (SSSR count). The number of hydrogen-bond acceptors (Lipinski definition) is 5. The summed E-state index contributed by atoms with van der Waals surface area (Å²) < 4.78 is 10.1. The van der Waals surface area contributed by atoms with Gasteiger partial charge >= 0.3 is 5.97 Å². The predicted octanol–water partition coefficient (Wildman–Crippen LogP) is 0.590. The number of nitrogens with one attached hydrogen (secondary N) is 1. The molecular weight excluding hydrogens is 272 g/mol. The highest BCUT2D eigenvalue weighted by atomic mass is 16.5. The first-order valence-corrected chi connectivity index (χ1v) is 7.77. The Balaban J connectivity index is 2.03. The van der Waals surface area contributed by atoms with Crippen LogP contribution in [-0.2, 0) is 19.1 Å². The molecule has 1 amide bonds. The topological polar surface area (TPSA) is 90.7 Å². The molecule has 2 atom stereocenters. The Morgan fingerprint density at radius 3 is 2.67 bits per heavy atom. The van der Waals surface area contributed by atoms with Gasteiger partial charge < -0.3 is 20.5 Å². The van der Waals surface area contributed by atoms with E-state index in [2.05, 4.69) is 5.32 Å². The minimum absolute atomic E-state index is 0.0210. The van der Waals surface area contributed by atoms with Crippen LogP contribution >= 0.6 is 0 Å². The molecule has 2 fully saturated rings. The van der Waals surface area contributed by atoms with Crippen molar-refractivity contribution in [1.29, 1.82) is 0 Å². The van der Waals surface area contributed by atoms with Gasteiger partial charge in [0.2, 0.25) is 5.91 Å². The molecule has 120 valence electrons. The van der Waals surface area contributed by atoms with E-state index in [1.807, 2.05) is 0 Å². The average molecular weight is 298 g/mol. The summed E-state index contributed by atoms with van der Waals surface area (Å²) in [7, 11) is 1.37. The van der Waals surface area contributed by atoms with Gasteiger partial charge in [0.25, 0.3) is 0 Å². The molecule has 1 aliphatic heterocycles. The summed E-state index contributed by atoms with van der Waals surface area (Å²) in [6.45, 7) is 1.66. The molecule has 0 aromatic rings. The minimum Gasteiger partial charge on any atom is -0.469 e. The van der Waals surface area contributed by atoms with E-state index in [9.17, 15) is 9.59 Å². The van der Waals surface area contributed by atoms with Crippen molar-refractivity contribution in [3.05, 3.63) is 0 Å². The smallest absolute Gasteiger partial charge is 0.307 e. The summed E-state index contributed by atoms with van der Waals surface area (Å²) in [6.07, 6.45) is 4.45. The number of esters is 1. The van der Waals surface area contributed by atoms with Crippen molar-refractivity contribution in [3.8, 4) is 0 Å². The number of methoxy groups -OCH3 is 1. The molecule has 0 spiro atoms. The van der Waals surface area contributed by atoms with Gasteiger partial charge in [0, 0.05) is 19.1 Å². The fourth-order valence-electron chi connectivity index (χ4n) is 3.47. The van der Waals surface area contributed by atoms with E-state index in [-0.39, 0.29) is 30.1 Å². The van der Waals surface area contributed by atoms with Crippen LogP contribution in [0.15, 0.2) is 0 Å². The van der Waals surface area contributed by atoms with Crippen molar-refractivity contribution in [2.75, 3.05) is 26.9 Å². The molecular formula is C15H26N2O4. The van der Waals surface area contributed by atoms with Gasteiger partial charge in [0.15, 0.2) is 0 Å². The highest BCUT2D eigenvalue weighted by Gasteiger charge is 2.40. The Hall–Kier alpha value is -1.14. The molecule has 0 aromatic carbocycles. The van der Waals surface area contributed by atoms with Crippen molar-refractivity contribution in [1.82, 2.24) is 5.32 Å². The zero-order valence-corrected chi connectivity index (χ0v) is 12.7. The van der Waals surface area contributed by atoms with Gasteiger partial charge in [-0.2, -0.15) is 0 Å². The summed E-state index contributed by atoms with van der Waals surface area (Å²) >= 11 is 0. The first kappa shape index (κ1) is 16.2. The second-order valence-corrected chi connectivity index (χ2v) is 6.17. The molecule has 1 saturated heterocycles. The Morgan fingerprint density at radius 1 is 1.33 bits per heavy atom. The molecule has 21 heavy (non-hydrogen) atoms. The zero-order valence-electron chi connectivity index (χ0n) is 12.7. The van der Waals surface area contributed by atoms with Gasteiger partial charge in [-0.25, -0.2) is 0 Å². The Bertz CT molecular complexity index is 380. The largest absolute Gasteiger partial charge is 0.469 e. The third-order valence-corrected chi connectivity index (χ3v) is 4.85. The fraction of sp³-hybridized carbons (Fsp3) is 0.867.